The van der Waals surface area contributed by atoms with Crippen LogP contribution in [0.15, 0.2) is 30.3 Å². The number of rotatable bonds is 2. The van der Waals surface area contributed by atoms with E-state index in [9.17, 15) is 13.6 Å². The zero-order chi connectivity index (χ0) is 14.0. The molecular weight excluding hydrogens is 274 g/mol. The van der Waals surface area contributed by atoms with E-state index in [1.54, 1.807) is 6.92 Å². The van der Waals surface area contributed by atoms with Gasteiger partial charge in [0.2, 0.25) is 0 Å². The van der Waals surface area contributed by atoms with Crippen LogP contribution in [-0.2, 0) is 0 Å². The van der Waals surface area contributed by atoms with Gasteiger partial charge in [-0.3, -0.25) is 4.79 Å². The summed E-state index contributed by atoms with van der Waals surface area (Å²) in [7, 11) is 0. The number of anilines is 1. The molecule has 1 heterocycles. The van der Waals surface area contributed by atoms with Gasteiger partial charge in [-0.1, -0.05) is 11.6 Å². The highest BCUT2D eigenvalue weighted by molar-refractivity contribution is 6.29. The highest BCUT2D eigenvalue weighted by atomic mass is 35.5. The molecule has 0 bridgehead atoms. The summed E-state index contributed by atoms with van der Waals surface area (Å²) in [4.78, 5) is 15.8. The lowest BCUT2D eigenvalue weighted by Crippen LogP contribution is -2.12. The highest BCUT2D eigenvalue weighted by Gasteiger charge is 2.10. The first kappa shape index (κ1) is 13.4. The van der Waals surface area contributed by atoms with E-state index in [1.807, 2.05) is 0 Å². The molecule has 1 aromatic carbocycles. The number of hydrogen-bond acceptors (Lipinski definition) is 2. The lowest BCUT2D eigenvalue weighted by Gasteiger charge is -2.06. The minimum atomic E-state index is -0.765. The van der Waals surface area contributed by atoms with Crippen molar-refractivity contribution in [2.24, 2.45) is 0 Å². The van der Waals surface area contributed by atoms with Gasteiger partial charge in [0.1, 0.15) is 16.8 Å². The molecule has 19 heavy (non-hydrogen) atoms. The van der Waals surface area contributed by atoms with Gasteiger partial charge in [0, 0.05) is 23.0 Å². The number of pyridine rings is 1. The van der Waals surface area contributed by atoms with Crippen molar-refractivity contribution in [2.45, 2.75) is 6.92 Å². The van der Waals surface area contributed by atoms with Crippen molar-refractivity contribution < 1.29 is 13.6 Å². The monoisotopic (exact) mass is 282 g/mol. The average molecular weight is 283 g/mol. The SMILES string of the molecule is Cc1cc(C(=O)Nc2cc(F)cc(F)c2)cc(Cl)n1. The van der Waals surface area contributed by atoms with E-state index in [4.69, 9.17) is 11.6 Å². The third-order valence-corrected chi connectivity index (χ3v) is 2.50. The predicted molar refractivity (Wildman–Crippen MR) is 68.3 cm³/mol. The molecule has 0 aliphatic carbocycles. The Morgan fingerprint density at radius 2 is 1.79 bits per heavy atom. The van der Waals surface area contributed by atoms with Crippen LogP contribution in [-0.4, -0.2) is 10.9 Å². The van der Waals surface area contributed by atoms with Crippen LogP contribution in [0.1, 0.15) is 16.1 Å². The van der Waals surface area contributed by atoms with Gasteiger partial charge in [-0.2, -0.15) is 0 Å². The molecule has 1 aromatic heterocycles. The number of carbonyl (C=O) groups excluding carboxylic acids is 1. The van der Waals surface area contributed by atoms with Crippen molar-refractivity contribution in [1.29, 1.82) is 0 Å². The second kappa shape index (κ2) is 5.32. The molecule has 0 atom stereocenters. The van der Waals surface area contributed by atoms with E-state index < -0.39 is 17.5 Å². The van der Waals surface area contributed by atoms with E-state index in [2.05, 4.69) is 10.3 Å². The quantitative estimate of drug-likeness (QED) is 0.856. The van der Waals surface area contributed by atoms with Gasteiger partial charge in [-0.25, -0.2) is 13.8 Å². The third-order valence-electron chi connectivity index (χ3n) is 2.30. The van der Waals surface area contributed by atoms with Crippen molar-refractivity contribution in [3.63, 3.8) is 0 Å². The Labute approximate surface area is 113 Å². The van der Waals surface area contributed by atoms with Gasteiger partial charge in [0.25, 0.3) is 5.91 Å². The van der Waals surface area contributed by atoms with Crippen LogP contribution in [0.2, 0.25) is 5.15 Å². The van der Waals surface area contributed by atoms with Crippen LogP contribution in [0.25, 0.3) is 0 Å². The maximum absolute atomic E-state index is 13.0. The van der Waals surface area contributed by atoms with Gasteiger partial charge < -0.3 is 5.32 Å². The number of aromatic nitrogens is 1. The Kier molecular flexibility index (Phi) is 3.76. The molecular formula is C13H9ClF2N2O. The number of hydrogen-bond donors (Lipinski definition) is 1. The summed E-state index contributed by atoms with van der Waals surface area (Å²) in [5, 5.41) is 2.57. The number of carbonyl (C=O) groups is 1. The lowest BCUT2D eigenvalue weighted by atomic mass is 10.2. The van der Waals surface area contributed by atoms with Gasteiger partial charge in [0.15, 0.2) is 0 Å². The van der Waals surface area contributed by atoms with Crippen molar-refractivity contribution >= 4 is 23.2 Å². The average Bonchev–Trinajstić information content (AvgIpc) is 2.25. The van der Waals surface area contributed by atoms with Crippen LogP contribution < -0.4 is 5.32 Å². The van der Waals surface area contributed by atoms with Crippen LogP contribution >= 0.6 is 11.6 Å². The summed E-state index contributed by atoms with van der Waals surface area (Å²) >= 11 is 5.74. The number of amides is 1. The molecule has 2 aromatic rings. The smallest absolute Gasteiger partial charge is 0.255 e. The number of halogens is 3. The Morgan fingerprint density at radius 3 is 2.37 bits per heavy atom. The van der Waals surface area contributed by atoms with E-state index in [0.29, 0.717) is 5.69 Å². The standard InChI is InChI=1S/C13H9ClF2N2O/c1-7-2-8(3-12(14)17-7)13(19)18-11-5-9(15)4-10(16)6-11/h2-6H,1H3,(H,18,19). The van der Waals surface area contributed by atoms with Gasteiger partial charge in [0.05, 0.1) is 0 Å². The Balaban J connectivity index is 2.25. The zero-order valence-electron chi connectivity index (χ0n) is 9.88. The van der Waals surface area contributed by atoms with Crippen LogP contribution in [0.4, 0.5) is 14.5 Å². The van der Waals surface area contributed by atoms with Crippen molar-refractivity contribution in [3.05, 3.63) is 58.4 Å². The first-order valence-corrected chi connectivity index (χ1v) is 5.73. The van der Waals surface area contributed by atoms with Crippen LogP contribution in [0.5, 0.6) is 0 Å². The molecule has 0 aliphatic heterocycles. The maximum Gasteiger partial charge on any atom is 0.255 e. The Bertz CT molecular complexity index is 606. The topological polar surface area (TPSA) is 42.0 Å². The normalized spacial score (nSPS) is 10.3. The largest absolute Gasteiger partial charge is 0.322 e. The molecule has 0 unspecified atom stereocenters. The summed E-state index contributed by atoms with van der Waals surface area (Å²) in [6, 6.07) is 5.67. The van der Waals surface area contributed by atoms with Crippen molar-refractivity contribution in [1.82, 2.24) is 4.98 Å². The van der Waals surface area contributed by atoms with E-state index in [-0.39, 0.29) is 16.4 Å². The molecule has 1 N–H and O–H groups in total. The summed E-state index contributed by atoms with van der Waals surface area (Å²) in [6.45, 7) is 1.69. The fraction of sp³-hybridized carbons (Fsp3) is 0.0769. The molecule has 6 heteroatoms. The lowest BCUT2D eigenvalue weighted by molar-refractivity contribution is 0.102. The summed E-state index contributed by atoms with van der Waals surface area (Å²) in [5.41, 5.74) is 0.873. The summed E-state index contributed by atoms with van der Waals surface area (Å²) < 4.78 is 26.0. The highest BCUT2D eigenvalue weighted by Crippen LogP contribution is 2.16. The first-order chi connectivity index (χ1) is 8.94. The van der Waals surface area contributed by atoms with Gasteiger partial charge >= 0.3 is 0 Å². The molecule has 0 radical (unpaired) electrons. The number of nitrogens with zero attached hydrogens (tertiary/aromatic N) is 1. The van der Waals surface area contributed by atoms with Crippen molar-refractivity contribution in [3.8, 4) is 0 Å². The van der Waals surface area contributed by atoms with Gasteiger partial charge in [-0.05, 0) is 31.2 Å². The molecule has 0 saturated heterocycles. The third kappa shape index (κ3) is 3.48. The number of aryl methyl sites for hydroxylation is 1. The minimum Gasteiger partial charge on any atom is -0.322 e. The molecule has 98 valence electrons. The van der Waals surface area contributed by atoms with Crippen LogP contribution in [0, 0.1) is 18.6 Å². The fourth-order valence-corrected chi connectivity index (χ4v) is 1.84. The molecule has 0 fully saturated rings. The fourth-order valence-electron chi connectivity index (χ4n) is 1.59. The molecule has 0 saturated carbocycles. The molecule has 0 spiro atoms. The number of nitrogens with one attached hydrogen (secondary N) is 1. The maximum atomic E-state index is 13.0. The summed E-state index contributed by atoms with van der Waals surface area (Å²) in [5.74, 6) is -2.05. The van der Waals surface area contributed by atoms with Crippen LogP contribution in [0.3, 0.4) is 0 Å². The molecule has 1 amide bonds. The minimum absolute atomic E-state index is 0.0353. The van der Waals surface area contributed by atoms with Crippen molar-refractivity contribution in [2.75, 3.05) is 5.32 Å². The number of benzene rings is 1. The molecule has 0 aliphatic rings. The second-order valence-corrected chi connectivity index (χ2v) is 4.32. The molecule has 2 rings (SSSR count). The molecule has 3 nitrogen and oxygen atoms in total. The Hall–Kier alpha value is -2.01. The second-order valence-electron chi connectivity index (χ2n) is 3.93. The van der Waals surface area contributed by atoms with E-state index >= 15 is 0 Å². The Morgan fingerprint density at radius 1 is 1.16 bits per heavy atom. The van der Waals surface area contributed by atoms with E-state index in [0.717, 1.165) is 18.2 Å². The first-order valence-electron chi connectivity index (χ1n) is 5.36. The zero-order valence-corrected chi connectivity index (χ0v) is 10.6. The van der Waals surface area contributed by atoms with E-state index in [1.165, 1.54) is 12.1 Å². The summed E-state index contributed by atoms with van der Waals surface area (Å²) in [6.07, 6.45) is 0. The van der Waals surface area contributed by atoms with Gasteiger partial charge in [-0.15, -0.1) is 0 Å². The predicted octanol–water partition coefficient (Wildman–Crippen LogP) is 3.57.